The van der Waals surface area contributed by atoms with Gasteiger partial charge in [-0.3, -0.25) is 0 Å². The standard InChI is InChI=1S/C13H17NO2/c1-10-7-5-6-8-11(10)9-14-12(15)16-13(2,3)4/h5-9H,1-4H3/b14-9+. The lowest BCUT2D eigenvalue weighted by Crippen LogP contribution is -2.21. The Kier molecular flexibility index (Phi) is 3.82. The second-order valence-electron chi connectivity index (χ2n) is 4.60. The Morgan fingerprint density at radius 3 is 2.50 bits per heavy atom. The van der Waals surface area contributed by atoms with Crippen molar-refractivity contribution in [2.45, 2.75) is 33.3 Å². The summed E-state index contributed by atoms with van der Waals surface area (Å²) in [7, 11) is 0. The van der Waals surface area contributed by atoms with Gasteiger partial charge in [0.05, 0.1) is 0 Å². The Morgan fingerprint density at radius 1 is 1.31 bits per heavy atom. The summed E-state index contributed by atoms with van der Waals surface area (Å²) in [6, 6.07) is 7.73. The minimum atomic E-state index is -0.559. The number of carbonyl (C=O) groups is 1. The van der Waals surface area contributed by atoms with Gasteiger partial charge in [-0.25, -0.2) is 4.79 Å². The van der Waals surface area contributed by atoms with Crippen molar-refractivity contribution >= 4 is 12.3 Å². The van der Waals surface area contributed by atoms with Crippen LogP contribution in [0.1, 0.15) is 31.9 Å². The first-order chi connectivity index (χ1) is 7.38. The van der Waals surface area contributed by atoms with Gasteiger partial charge in [0.25, 0.3) is 0 Å². The summed E-state index contributed by atoms with van der Waals surface area (Å²) in [6.07, 6.45) is 0.972. The lowest BCUT2D eigenvalue weighted by Gasteiger charge is -2.17. The molecule has 0 saturated carbocycles. The number of nitrogens with zero attached hydrogens (tertiary/aromatic N) is 1. The molecule has 0 atom stereocenters. The topological polar surface area (TPSA) is 38.7 Å². The van der Waals surface area contributed by atoms with Crippen molar-refractivity contribution in [3.8, 4) is 0 Å². The van der Waals surface area contributed by atoms with Gasteiger partial charge in [0.1, 0.15) is 5.60 Å². The third-order valence-electron chi connectivity index (χ3n) is 1.89. The molecule has 0 fully saturated rings. The molecule has 0 aliphatic carbocycles. The molecule has 1 aromatic rings. The van der Waals surface area contributed by atoms with Crippen molar-refractivity contribution in [2.75, 3.05) is 0 Å². The molecule has 0 aliphatic heterocycles. The number of hydrogen-bond acceptors (Lipinski definition) is 2. The minimum Gasteiger partial charge on any atom is -0.442 e. The van der Waals surface area contributed by atoms with Gasteiger partial charge in [0.2, 0.25) is 0 Å². The molecule has 1 rings (SSSR count). The number of ether oxygens (including phenoxy) is 1. The van der Waals surface area contributed by atoms with Crippen LogP contribution in [0.4, 0.5) is 4.79 Å². The van der Waals surface area contributed by atoms with Gasteiger partial charge in [-0.2, -0.15) is 4.99 Å². The smallest absolute Gasteiger partial charge is 0.434 e. The number of carbonyl (C=O) groups excluding carboxylic acids is 1. The number of aliphatic imine (C=N–C) groups is 1. The van der Waals surface area contributed by atoms with E-state index >= 15 is 0 Å². The van der Waals surface area contributed by atoms with Crippen LogP contribution in [-0.4, -0.2) is 17.9 Å². The highest BCUT2D eigenvalue weighted by Crippen LogP contribution is 2.08. The van der Waals surface area contributed by atoms with Crippen LogP contribution in [0.15, 0.2) is 29.3 Å². The van der Waals surface area contributed by atoms with Gasteiger partial charge < -0.3 is 4.74 Å². The first-order valence-corrected chi connectivity index (χ1v) is 5.21. The average molecular weight is 219 g/mol. The molecule has 0 spiro atoms. The van der Waals surface area contributed by atoms with Crippen LogP contribution in [0, 0.1) is 6.92 Å². The van der Waals surface area contributed by atoms with E-state index in [1.54, 1.807) is 0 Å². The molecule has 3 nitrogen and oxygen atoms in total. The Labute approximate surface area is 96.2 Å². The third kappa shape index (κ3) is 4.26. The highest BCUT2D eigenvalue weighted by molar-refractivity contribution is 5.90. The predicted octanol–water partition coefficient (Wildman–Crippen LogP) is 3.35. The lowest BCUT2D eigenvalue weighted by molar-refractivity contribution is 0.0605. The summed E-state index contributed by atoms with van der Waals surface area (Å²) in [5.41, 5.74) is 1.50. The molecule has 1 amide bonds. The van der Waals surface area contributed by atoms with Crippen molar-refractivity contribution < 1.29 is 9.53 Å². The van der Waals surface area contributed by atoms with Crippen LogP contribution < -0.4 is 0 Å². The molecular weight excluding hydrogens is 202 g/mol. The largest absolute Gasteiger partial charge is 0.442 e. The number of rotatable bonds is 1. The highest BCUT2D eigenvalue weighted by Gasteiger charge is 2.14. The predicted molar refractivity (Wildman–Crippen MR) is 65.0 cm³/mol. The maximum absolute atomic E-state index is 11.3. The Bertz CT molecular complexity index is 403. The van der Waals surface area contributed by atoms with Gasteiger partial charge in [-0.15, -0.1) is 0 Å². The monoisotopic (exact) mass is 219 g/mol. The van der Waals surface area contributed by atoms with E-state index in [4.69, 9.17) is 4.74 Å². The molecule has 3 heteroatoms. The van der Waals surface area contributed by atoms with Crippen LogP contribution in [0.3, 0.4) is 0 Å². The summed E-state index contributed by atoms with van der Waals surface area (Å²) >= 11 is 0. The molecule has 16 heavy (non-hydrogen) atoms. The van der Waals surface area contributed by atoms with E-state index in [1.165, 1.54) is 6.21 Å². The van der Waals surface area contributed by atoms with E-state index in [2.05, 4.69) is 4.99 Å². The molecule has 0 unspecified atom stereocenters. The Hall–Kier alpha value is -1.64. The van der Waals surface area contributed by atoms with E-state index in [0.717, 1.165) is 11.1 Å². The molecule has 0 N–H and O–H groups in total. The number of aryl methyl sites for hydroxylation is 1. The van der Waals surface area contributed by atoms with E-state index < -0.39 is 11.7 Å². The summed E-state index contributed by atoms with van der Waals surface area (Å²) in [5.74, 6) is 0. The maximum Gasteiger partial charge on any atom is 0.434 e. The van der Waals surface area contributed by atoms with Crippen LogP contribution in [-0.2, 0) is 4.74 Å². The average Bonchev–Trinajstić information content (AvgIpc) is 2.14. The summed E-state index contributed by atoms with van der Waals surface area (Å²) in [4.78, 5) is 15.1. The Morgan fingerprint density at radius 2 is 1.94 bits per heavy atom. The van der Waals surface area contributed by atoms with Gasteiger partial charge in [0.15, 0.2) is 0 Å². The van der Waals surface area contributed by atoms with E-state index in [-0.39, 0.29) is 0 Å². The normalized spacial score (nSPS) is 11.8. The van der Waals surface area contributed by atoms with E-state index in [9.17, 15) is 4.79 Å². The molecule has 0 saturated heterocycles. The van der Waals surface area contributed by atoms with Crippen molar-refractivity contribution in [1.29, 1.82) is 0 Å². The fraction of sp³-hybridized carbons (Fsp3) is 0.385. The lowest BCUT2D eigenvalue weighted by atomic mass is 10.1. The summed E-state index contributed by atoms with van der Waals surface area (Å²) < 4.78 is 5.06. The number of hydrogen-bond donors (Lipinski definition) is 0. The molecule has 0 bridgehead atoms. The first-order valence-electron chi connectivity index (χ1n) is 5.21. The molecule has 0 heterocycles. The van der Waals surface area contributed by atoms with Gasteiger partial charge in [0, 0.05) is 6.21 Å². The SMILES string of the molecule is Cc1ccccc1/C=N/C(=O)OC(C)(C)C. The van der Waals surface area contributed by atoms with Crippen LogP contribution in [0.25, 0.3) is 0 Å². The molecule has 0 aromatic heterocycles. The maximum atomic E-state index is 11.3. The van der Waals surface area contributed by atoms with Crippen molar-refractivity contribution in [1.82, 2.24) is 0 Å². The van der Waals surface area contributed by atoms with Crippen molar-refractivity contribution in [3.63, 3.8) is 0 Å². The van der Waals surface area contributed by atoms with Crippen molar-refractivity contribution in [2.24, 2.45) is 4.99 Å². The first kappa shape index (κ1) is 12.4. The van der Waals surface area contributed by atoms with Crippen LogP contribution in [0.5, 0.6) is 0 Å². The minimum absolute atomic E-state index is 0.500. The summed E-state index contributed by atoms with van der Waals surface area (Å²) in [5, 5.41) is 0. The fourth-order valence-electron chi connectivity index (χ4n) is 1.14. The second-order valence-corrected chi connectivity index (χ2v) is 4.60. The zero-order valence-electron chi connectivity index (χ0n) is 10.2. The fourth-order valence-corrected chi connectivity index (χ4v) is 1.14. The zero-order valence-corrected chi connectivity index (χ0v) is 10.2. The van der Waals surface area contributed by atoms with Gasteiger partial charge in [-0.05, 0) is 38.8 Å². The molecule has 0 radical (unpaired) electrons. The zero-order chi connectivity index (χ0) is 12.2. The van der Waals surface area contributed by atoms with Crippen molar-refractivity contribution in [3.05, 3.63) is 35.4 Å². The Balaban J connectivity index is 2.68. The van der Waals surface area contributed by atoms with Crippen LogP contribution >= 0.6 is 0 Å². The summed E-state index contributed by atoms with van der Waals surface area (Å²) in [6.45, 7) is 7.41. The highest BCUT2D eigenvalue weighted by atomic mass is 16.6. The molecule has 1 aromatic carbocycles. The van der Waals surface area contributed by atoms with E-state index in [1.807, 2.05) is 52.0 Å². The molecule has 0 aliphatic rings. The quantitative estimate of drug-likeness (QED) is 0.679. The second kappa shape index (κ2) is 4.92. The molecule has 86 valence electrons. The van der Waals surface area contributed by atoms with Gasteiger partial charge in [-0.1, -0.05) is 24.3 Å². The van der Waals surface area contributed by atoms with Crippen LogP contribution in [0.2, 0.25) is 0 Å². The van der Waals surface area contributed by atoms with Gasteiger partial charge >= 0.3 is 6.09 Å². The number of benzene rings is 1. The number of amides is 1. The third-order valence-corrected chi connectivity index (χ3v) is 1.89. The molecular formula is C13H17NO2. The van der Waals surface area contributed by atoms with E-state index in [0.29, 0.717) is 0 Å².